The third-order valence-electron chi connectivity index (χ3n) is 4.26. The van der Waals surface area contributed by atoms with Crippen molar-refractivity contribution >= 4 is 17.5 Å². The van der Waals surface area contributed by atoms with E-state index in [9.17, 15) is 14.0 Å². The Kier molecular flexibility index (Phi) is 3.90. The Hall–Kier alpha value is -1.91. The average Bonchev–Trinajstić information content (AvgIpc) is 2.89. The van der Waals surface area contributed by atoms with Gasteiger partial charge >= 0.3 is 0 Å². The van der Waals surface area contributed by atoms with Crippen molar-refractivity contribution in [3.05, 3.63) is 30.1 Å². The van der Waals surface area contributed by atoms with Crippen LogP contribution in [0.4, 0.5) is 10.1 Å². The molecule has 1 atom stereocenters. The second-order valence-corrected chi connectivity index (χ2v) is 5.77. The van der Waals surface area contributed by atoms with E-state index in [-0.39, 0.29) is 30.0 Å². The molecule has 0 radical (unpaired) electrons. The van der Waals surface area contributed by atoms with Gasteiger partial charge in [-0.1, -0.05) is 6.07 Å². The first-order valence-corrected chi connectivity index (χ1v) is 7.50. The van der Waals surface area contributed by atoms with E-state index in [1.807, 2.05) is 4.90 Å². The number of amides is 2. The van der Waals surface area contributed by atoms with Crippen molar-refractivity contribution in [1.82, 2.24) is 4.90 Å². The summed E-state index contributed by atoms with van der Waals surface area (Å²) in [6.45, 7) is 1.95. The maximum absolute atomic E-state index is 13.3. The molecule has 5 heteroatoms. The normalized spacial score (nSPS) is 22.7. The number of nitrogens with zero attached hydrogens (tertiary/aromatic N) is 2. The molecular formula is C16H19FN2O2. The predicted molar refractivity (Wildman–Crippen MR) is 77.3 cm³/mol. The molecule has 2 saturated heterocycles. The molecule has 0 unspecified atom stereocenters. The maximum atomic E-state index is 13.3. The summed E-state index contributed by atoms with van der Waals surface area (Å²) in [5.74, 6) is -0.692. The molecule has 2 aliphatic heterocycles. The molecule has 0 aliphatic carbocycles. The van der Waals surface area contributed by atoms with Gasteiger partial charge in [0.2, 0.25) is 11.8 Å². The summed E-state index contributed by atoms with van der Waals surface area (Å²) < 4.78 is 13.3. The lowest BCUT2D eigenvalue weighted by Crippen LogP contribution is -2.40. The number of halogens is 1. The van der Waals surface area contributed by atoms with Crippen molar-refractivity contribution in [1.29, 1.82) is 0 Å². The van der Waals surface area contributed by atoms with Gasteiger partial charge in [0.25, 0.3) is 0 Å². The van der Waals surface area contributed by atoms with Gasteiger partial charge in [0.1, 0.15) is 5.82 Å². The van der Waals surface area contributed by atoms with Crippen LogP contribution in [-0.2, 0) is 9.59 Å². The number of carbonyl (C=O) groups is 2. The van der Waals surface area contributed by atoms with E-state index in [2.05, 4.69) is 0 Å². The molecular weight excluding hydrogens is 271 g/mol. The van der Waals surface area contributed by atoms with E-state index in [1.165, 1.54) is 23.5 Å². The first-order valence-electron chi connectivity index (χ1n) is 7.50. The lowest BCUT2D eigenvalue weighted by Gasteiger charge is -2.29. The van der Waals surface area contributed by atoms with Crippen molar-refractivity contribution in [2.45, 2.75) is 25.7 Å². The molecule has 112 valence electrons. The highest BCUT2D eigenvalue weighted by molar-refractivity contribution is 6.00. The van der Waals surface area contributed by atoms with Crippen LogP contribution in [0.25, 0.3) is 0 Å². The van der Waals surface area contributed by atoms with Gasteiger partial charge in [0, 0.05) is 31.7 Å². The topological polar surface area (TPSA) is 40.6 Å². The van der Waals surface area contributed by atoms with Gasteiger partial charge in [-0.2, -0.15) is 0 Å². The third kappa shape index (κ3) is 2.91. The smallest absolute Gasteiger partial charge is 0.228 e. The molecule has 2 amide bonds. The van der Waals surface area contributed by atoms with Crippen molar-refractivity contribution in [2.75, 3.05) is 24.5 Å². The van der Waals surface area contributed by atoms with Crippen LogP contribution < -0.4 is 4.90 Å². The van der Waals surface area contributed by atoms with Crippen LogP contribution in [0.3, 0.4) is 0 Å². The highest BCUT2D eigenvalue weighted by atomic mass is 19.1. The largest absolute Gasteiger partial charge is 0.342 e. The number of carbonyl (C=O) groups excluding carboxylic acids is 2. The molecule has 0 saturated carbocycles. The van der Waals surface area contributed by atoms with Gasteiger partial charge in [0.15, 0.2) is 0 Å². The number of hydrogen-bond acceptors (Lipinski definition) is 2. The van der Waals surface area contributed by atoms with E-state index >= 15 is 0 Å². The van der Waals surface area contributed by atoms with Gasteiger partial charge < -0.3 is 9.80 Å². The highest BCUT2D eigenvalue weighted by Crippen LogP contribution is 2.27. The Balaban J connectivity index is 1.70. The number of rotatable bonds is 2. The minimum Gasteiger partial charge on any atom is -0.342 e. The molecule has 0 aromatic heterocycles. The van der Waals surface area contributed by atoms with Crippen LogP contribution >= 0.6 is 0 Å². The van der Waals surface area contributed by atoms with Gasteiger partial charge in [-0.25, -0.2) is 4.39 Å². The molecule has 21 heavy (non-hydrogen) atoms. The SMILES string of the molecule is O=C([C@@H]1CC(=O)N(c2cccc(F)c2)C1)N1CCCCC1. The fourth-order valence-electron chi connectivity index (χ4n) is 3.14. The summed E-state index contributed by atoms with van der Waals surface area (Å²) in [5, 5.41) is 0. The Morgan fingerprint density at radius 2 is 1.95 bits per heavy atom. The summed E-state index contributed by atoms with van der Waals surface area (Å²) in [5.41, 5.74) is 0.536. The van der Waals surface area contributed by atoms with E-state index in [0.29, 0.717) is 12.2 Å². The van der Waals surface area contributed by atoms with Crippen LogP contribution in [0.2, 0.25) is 0 Å². The Bertz CT molecular complexity index is 555. The van der Waals surface area contributed by atoms with E-state index < -0.39 is 0 Å². The standard InChI is InChI=1S/C16H19FN2O2/c17-13-5-4-6-14(10-13)19-11-12(9-15(19)20)16(21)18-7-2-1-3-8-18/h4-6,10,12H,1-3,7-9,11H2/t12-/m1/s1. The first kappa shape index (κ1) is 14.0. The minimum absolute atomic E-state index is 0.0713. The summed E-state index contributed by atoms with van der Waals surface area (Å²) >= 11 is 0. The second kappa shape index (κ2) is 5.84. The third-order valence-corrected chi connectivity index (χ3v) is 4.26. The van der Waals surface area contributed by atoms with Gasteiger partial charge in [-0.15, -0.1) is 0 Å². The summed E-state index contributed by atoms with van der Waals surface area (Å²) in [6, 6.07) is 5.97. The lowest BCUT2D eigenvalue weighted by molar-refractivity contribution is -0.136. The lowest BCUT2D eigenvalue weighted by atomic mass is 10.0. The number of likely N-dealkylation sites (tertiary alicyclic amines) is 1. The molecule has 2 aliphatic rings. The van der Waals surface area contributed by atoms with Crippen LogP contribution in [0.15, 0.2) is 24.3 Å². The Morgan fingerprint density at radius 1 is 1.19 bits per heavy atom. The second-order valence-electron chi connectivity index (χ2n) is 5.77. The molecule has 0 spiro atoms. The number of piperidine rings is 1. The Morgan fingerprint density at radius 3 is 2.67 bits per heavy atom. The maximum Gasteiger partial charge on any atom is 0.228 e. The molecule has 1 aromatic rings. The zero-order chi connectivity index (χ0) is 14.8. The summed E-state index contributed by atoms with van der Waals surface area (Å²) in [7, 11) is 0. The fourth-order valence-corrected chi connectivity index (χ4v) is 3.14. The Labute approximate surface area is 123 Å². The number of anilines is 1. The predicted octanol–water partition coefficient (Wildman–Crippen LogP) is 2.19. The quantitative estimate of drug-likeness (QED) is 0.837. The van der Waals surface area contributed by atoms with Crippen LogP contribution in [-0.4, -0.2) is 36.3 Å². The van der Waals surface area contributed by atoms with Crippen molar-refractivity contribution in [2.24, 2.45) is 5.92 Å². The van der Waals surface area contributed by atoms with E-state index in [0.717, 1.165) is 25.9 Å². The zero-order valence-corrected chi connectivity index (χ0v) is 11.9. The van der Waals surface area contributed by atoms with Crippen LogP contribution in [0.1, 0.15) is 25.7 Å². The fraction of sp³-hybridized carbons (Fsp3) is 0.500. The average molecular weight is 290 g/mol. The van der Waals surface area contributed by atoms with Crippen molar-refractivity contribution < 1.29 is 14.0 Å². The summed E-state index contributed by atoms with van der Waals surface area (Å²) in [6.07, 6.45) is 3.48. The van der Waals surface area contributed by atoms with Gasteiger partial charge in [-0.05, 0) is 37.5 Å². The minimum atomic E-state index is -0.369. The number of benzene rings is 1. The van der Waals surface area contributed by atoms with Gasteiger partial charge in [-0.3, -0.25) is 9.59 Å². The van der Waals surface area contributed by atoms with E-state index in [1.54, 1.807) is 12.1 Å². The highest BCUT2D eigenvalue weighted by Gasteiger charge is 2.37. The molecule has 2 fully saturated rings. The van der Waals surface area contributed by atoms with E-state index in [4.69, 9.17) is 0 Å². The van der Waals surface area contributed by atoms with Crippen molar-refractivity contribution in [3.8, 4) is 0 Å². The summed E-state index contributed by atoms with van der Waals surface area (Å²) in [4.78, 5) is 28.0. The van der Waals surface area contributed by atoms with Crippen LogP contribution in [0, 0.1) is 11.7 Å². The molecule has 4 nitrogen and oxygen atoms in total. The zero-order valence-electron chi connectivity index (χ0n) is 11.9. The molecule has 3 rings (SSSR count). The van der Waals surface area contributed by atoms with Crippen LogP contribution in [0.5, 0.6) is 0 Å². The first-order chi connectivity index (χ1) is 10.1. The molecule has 1 aromatic carbocycles. The molecule has 2 heterocycles. The van der Waals surface area contributed by atoms with Crippen molar-refractivity contribution in [3.63, 3.8) is 0 Å². The van der Waals surface area contributed by atoms with Gasteiger partial charge in [0.05, 0.1) is 5.92 Å². The molecule has 0 bridgehead atoms. The number of hydrogen-bond donors (Lipinski definition) is 0. The molecule has 0 N–H and O–H groups in total. The monoisotopic (exact) mass is 290 g/mol.